The van der Waals surface area contributed by atoms with E-state index in [1.807, 2.05) is 61.5 Å². The number of rotatable bonds is 4. The second-order valence-corrected chi connectivity index (χ2v) is 10.1. The highest BCUT2D eigenvalue weighted by atomic mass is 32.2. The van der Waals surface area contributed by atoms with E-state index < -0.39 is 10.1 Å². The van der Waals surface area contributed by atoms with E-state index >= 15 is 0 Å². The van der Waals surface area contributed by atoms with Gasteiger partial charge >= 0.3 is 10.1 Å². The lowest BCUT2D eigenvalue weighted by Gasteiger charge is -2.19. The zero-order valence-electron chi connectivity index (χ0n) is 19.0. The maximum Gasteiger partial charge on any atom is 0.358 e. The van der Waals surface area contributed by atoms with Gasteiger partial charge in [-0.2, -0.15) is 8.42 Å². The lowest BCUT2D eigenvalue weighted by Crippen LogP contribution is -2.12. The van der Waals surface area contributed by atoms with Crippen molar-refractivity contribution >= 4 is 43.8 Å². The fourth-order valence-corrected chi connectivity index (χ4v) is 5.35. The number of hydrogen-bond acceptors (Lipinski definition) is 4. The topological polar surface area (TPSA) is 55.7 Å². The van der Waals surface area contributed by atoms with E-state index in [0.29, 0.717) is 5.71 Å². The van der Waals surface area contributed by atoms with Crippen molar-refractivity contribution in [2.45, 2.75) is 11.8 Å². The third kappa shape index (κ3) is 3.70. The fraction of sp³-hybridized carbons (Fsp3) is 0.0333. The summed E-state index contributed by atoms with van der Waals surface area (Å²) in [6.07, 6.45) is 6.11. The van der Waals surface area contributed by atoms with Crippen LogP contribution in [-0.4, -0.2) is 14.1 Å². The van der Waals surface area contributed by atoms with Crippen LogP contribution in [0.15, 0.2) is 119 Å². The number of oxime groups is 1. The minimum Gasteiger partial charge on any atom is -0.264 e. The second-order valence-electron chi connectivity index (χ2n) is 8.61. The molecule has 35 heavy (non-hydrogen) atoms. The molecule has 4 aromatic rings. The molecule has 4 nitrogen and oxygen atoms in total. The zero-order valence-corrected chi connectivity index (χ0v) is 19.8. The van der Waals surface area contributed by atoms with Gasteiger partial charge in [-0.05, 0) is 58.2 Å². The maximum atomic E-state index is 13.0. The van der Waals surface area contributed by atoms with Crippen molar-refractivity contribution in [1.82, 2.24) is 0 Å². The molecule has 2 aliphatic carbocycles. The predicted molar refractivity (Wildman–Crippen MR) is 141 cm³/mol. The quantitative estimate of drug-likeness (QED) is 0.306. The number of fused-ring (bicyclic) bond motifs is 4. The molecule has 0 aromatic heterocycles. The van der Waals surface area contributed by atoms with Crippen LogP contribution in [-0.2, 0) is 14.4 Å². The Hall–Kier alpha value is -4.22. The van der Waals surface area contributed by atoms with Gasteiger partial charge in [0, 0.05) is 11.1 Å². The summed E-state index contributed by atoms with van der Waals surface area (Å²) in [5.41, 5.74) is 7.22. The van der Waals surface area contributed by atoms with Gasteiger partial charge in [-0.1, -0.05) is 102 Å². The first-order valence-corrected chi connectivity index (χ1v) is 12.7. The SMILES string of the molecule is Cc1ccc(S(=O)(=O)ON=C2C3=Cc4ccccc4C3=CC=C2c2cccc3ccccc23)cc1. The van der Waals surface area contributed by atoms with Gasteiger partial charge in [0.1, 0.15) is 10.6 Å². The summed E-state index contributed by atoms with van der Waals surface area (Å²) >= 11 is 0. The standard InChI is InChI=1S/C30H21NO3S/c1-20-13-15-23(16-14-20)35(32,33)34-31-30-28(26-12-6-9-21-7-2-4-10-24(21)26)18-17-27-25-11-5-3-8-22(25)19-29(27)30/h2-19H,1H3. The van der Waals surface area contributed by atoms with Crippen LogP contribution in [0.1, 0.15) is 22.3 Å². The number of aryl methyl sites for hydroxylation is 1. The molecule has 0 fully saturated rings. The number of allylic oxidation sites excluding steroid dienone is 5. The van der Waals surface area contributed by atoms with Crippen molar-refractivity contribution in [2.75, 3.05) is 0 Å². The van der Waals surface area contributed by atoms with E-state index in [0.717, 1.165) is 49.7 Å². The molecule has 0 N–H and O–H groups in total. The molecule has 0 atom stereocenters. The zero-order chi connectivity index (χ0) is 24.0. The summed E-state index contributed by atoms with van der Waals surface area (Å²) < 4.78 is 31.3. The van der Waals surface area contributed by atoms with Gasteiger partial charge in [0.25, 0.3) is 0 Å². The molecule has 0 spiro atoms. The van der Waals surface area contributed by atoms with E-state index in [-0.39, 0.29) is 4.90 Å². The van der Waals surface area contributed by atoms with Crippen LogP contribution >= 0.6 is 0 Å². The van der Waals surface area contributed by atoms with Crippen LogP contribution in [0, 0.1) is 6.92 Å². The molecular formula is C30H21NO3S. The average Bonchev–Trinajstić information content (AvgIpc) is 3.26. The summed E-state index contributed by atoms with van der Waals surface area (Å²) in [5, 5.41) is 6.45. The third-order valence-electron chi connectivity index (χ3n) is 6.38. The van der Waals surface area contributed by atoms with Gasteiger partial charge in [-0.25, -0.2) is 0 Å². The maximum absolute atomic E-state index is 13.0. The normalized spacial score (nSPS) is 15.8. The Kier molecular flexibility index (Phi) is 5.01. The van der Waals surface area contributed by atoms with Gasteiger partial charge in [-0.15, -0.1) is 0 Å². The number of benzene rings is 4. The van der Waals surface area contributed by atoms with Crippen LogP contribution in [0.5, 0.6) is 0 Å². The Bertz CT molecular complexity index is 1720. The van der Waals surface area contributed by atoms with Crippen LogP contribution in [0.4, 0.5) is 0 Å². The van der Waals surface area contributed by atoms with Crippen molar-refractivity contribution in [3.8, 4) is 0 Å². The summed E-state index contributed by atoms with van der Waals surface area (Å²) in [5.74, 6) is 0. The molecule has 0 amide bonds. The third-order valence-corrected chi connectivity index (χ3v) is 7.50. The molecule has 0 saturated carbocycles. The smallest absolute Gasteiger partial charge is 0.264 e. The highest BCUT2D eigenvalue weighted by Gasteiger charge is 2.29. The van der Waals surface area contributed by atoms with E-state index in [2.05, 4.69) is 35.5 Å². The van der Waals surface area contributed by atoms with Crippen LogP contribution in [0.3, 0.4) is 0 Å². The molecule has 0 unspecified atom stereocenters. The highest BCUT2D eigenvalue weighted by molar-refractivity contribution is 7.86. The van der Waals surface area contributed by atoms with Crippen molar-refractivity contribution in [1.29, 1.82) is 0 Å². The Balaban J connectivity index is 1.51. The van der Waals surface area contributed by atoms with Crippen molar-refractivity contribution in [2.24, 2.45) is 5.16 Å². The van der Waals surface area contributed by atoms with Gasteiger partial charge in [0.05, 0.1) is 0 Å². The lowest BCUT2D eigenvalue weighted by atomic mass is 9.85. The largest absolute Gasteiger partial charge is 0.358 e. The molecule has 170 valence electrons. The van der Waals surface area contributed by atoms with Gasteiger partial charge < -0.3 is 0 Å². The number of nitrogens with zero attached hydrogens (tertiary/aromatic N) is 1. The molecule has 0 heterocycles. The van der Waals surface area contributed by atoms with Crippen LogP contribution in [0.2, 0.25) is 0 Å². The van der Waals surface area contributed by atoms with Crippen LogP contribution < -0.4 is 0 Å². The minimum absolute atomic E-state index is 0.0680. The molecule has 0 radical (unpaired) electrons. The van der Waals surface area contributed by atoms with Crippen molar-refractivity contribution < 1.29 is 12.7 Å². The Morgan fingerprint density at radius 1 is 0.686 bits per heavy atom. The first-order valence-electron chi connectivity index (χ1n) is 11.3. The van der Waals surface area contributed by atoms with E-state index in [1.165, 1.54) is 12.1 Å². The van der Waals surface area contributed by atoms with Crippen molar-refractivity contribution in [3.63, 3.8) is 0 Å². The molecule has 5 heteroatoms. The van der Waals surface area contributed by atoms with Crippen molar-refractivity contribution in [3.05, 3.63) is 131 Å². The summed E-state index contributed by atoms with van der Waals surface area (Å²) in [7, 11) is -4.08. The molecule has 2 aliphatic rings. The molecule has 0 saturated heterocycles. The second kappa shape index (κ2) is 8.22. The fourth-order valence-electron chi connectivity index (χ4n) is 4.62. The molecule has 6 rings (SSSR count). The monoisotopic (exact) mass is 475 g/mol. The minimum atomic E-state index is -4.08. The predicted octanol–water partition coefficient (Wildman–Crippen LogP) is 6.79. The summed E-state index contributed by atoms with van der Waals surface area (Å²) in [4.78, 5) is 0.0680. The van der Waals surface area contributed by atoms with Gasteiger partial charge in [0.2, 0.25) is 0 Å². The molecule has 0 aliphatic heterocycles. The van der Waals surface area contributed by atoms with E-state index in [9.17, 15) is 8.42 Å². The van der Waals surface area contributed by atoms with E-state index in [4.69, 9.17) is 4.28 Å². The Morgan fingerprint density at radius 2 is 1.37 bits per heavy atom. The Morgan fingerprint density at radius 3 is 2.23 bits per heavy atom. The molecular weight excluding hydrogens is 454 g/mol. The first-order chi connectivity index (χ1) is 17.0. The average molecular weight is 476 g/mol. The van der Waals surface area contributed by atoms with E-state index in [1.54, 1.807) is 12.1 Å². The number of hydrogen-bond donors (Lipinski definition) is 0. The van der Waals surface area contributed by atoms with Gasteiger partial charge in [-0.3, -0.25) is 4.28 Å². The summed E-state index contributed by atoms with van der Waals surface area (Å²) in [6, 6.07) is 28.8. The molecule has 0 bridgehead atoms. The highest BCUT2D eigenvalue weighted by Crippen LogP contribution is 2.43. The lowest BCUT2D eigenvalue weighted by molar-refractivity contribution is 0.339. The van der Waals surface area contributed by atoms with Crippen LogP contribution in [0.25, 0.3) is 28.0 Å². The Labute approximate surface area is 204 Å². The molecule has 4 aromatic carbocycles. The summed E-state index contributed by atoms with van der Waals surface area (Å²) in [6.45, 7) is 1.90. The first kappa shape index (κ1) is 21.3. The van der Waals surface area contributed by atoms with Gasteiger partial charge in [0.15, 0.2) is 0 Å².